The number of aromatic nitrogens is 2. The van der Waals surface area contributed by atoms with E-state index in [2.05, 4.69) is 10.2 Å². The first-order valence-corrected chi connectivity index (χ1v) is 7.22. The molecule has 6 nitrogen and oxygen atoms in total. The molecule has 0 aliphatic carbocycles. The van der Waals surface area contributed by atoms with Gasteiger partial charge in [-0.15, -0.1) is 0 Å². The van der Waals surface area contributed by atoms with Crippen LogP contribution in [0.1, 0.15) is 5.56 Å². The van der Waals surface area contributed by atoms with Gasteiger partial charge in [-0.2, -0.15) is 9.40 Å². The Hall–Kier alpha value is -1.57. The molecule has 0 aliphatic heterocycles. The zero-order valence-electron chi connectivity index (χ0n) is 10.2. The number of aromatic amines is 1. The molecule has 1 aromatic carbocycles. The van der Waals surface area contributed by atoms with E-state index >= 15 is 0 Å². The van der Waals surface area contributed by atoms with Gasteiger partial charge in [-0.25, -0.2) is 8.42 Å². The molecule has 0 fully saturated rings. The molecule has 0 unspecified atom stereocenters. The summed E-state index contributed by atoms with van der Waals surface area (Å²) < 4.78 is 26.0. The molecular weight excluding hydrogens is 288 g/mol. The molecule has 2 aromatic rings. The summed E-state index contributed by atoms with van der Waals surface area (Å²) in [5.74, 6) is 0. The highest BCUT2D eigenvalue weighted by molar-refractivity contribution is 7.89. The molecule has 0 amide bonds. The van der Waals surface area contributed by atoms with Crippen LogP contribution in [-0.4, -0.2) is 30.0 Å². The molecule has 0 atom stereocenters. The maximum Gasteiger partial charge on any atom is 0.244 e. The van der Waals surface area contributed by atoms with Crippen molar-refractivity contribution in [3.05, 3.63) is 41.2 Å². The van der Waals surface area contributed by atoms with E-state index in [-0.39, 0.29) is 16.5 Å². The largest absolute Gasteiger partial charge is 0.399 e. The summed E-state index contributed by atoms with van der Waals surface area (Å²) in [6.07, 6.45) is 3.19. The zero-order chi connectivity index (χ0) is 14.0. The summed E-state index contributed by atoms with van der Waals surface area (Å²) in [5.41, 5.74) is 6.71. The second kappa shape index (κ2) is 5.20. The smallest absolute Gasteiger partial charge is 0.244 e. The third-order valence-corrected chi connectivity index (χ3v) is 4.89. The van der Waals surface area contributed by atoms with Crippen molar-refractivity contribution in [1.82, 2.24) is 14.5 Å². The highest BCUT2D eigenvalue weighted by Gasteiger charge is 2.24. The molecule has 19 heavy (non-hydrogen) atoms. The van der Waals surface area contributed by atoms with E-state index in [0.717, 1.165) is 5.56 Å². The van der Waals surface area contributed by atoms with Gasteiger partial charge >= 0.3 is 0 Å². The number of anilines is 1. The Morgan fingerprint density at radius 2 is 2.21 bits per heavy atom. The predicted molar refractivity (Wildman–Crippen MR) is 73.1 cm³/mol. The fourth-order valence-corrected chi connectivity index (χ4v) is 3.26. The van der Waals surface area contributed by atoms with E-state index in [1.807, 2.05) is 0 Å². The van der Waals surface area contributed by atoms with Gasteiger partial charge in [-0.1, -0.05) is 11.6 Å². The lowest BCUT2D eigenvalue weighted by Gasteiger charge is -2.17. The maximum atomic E-state index is 12.4. The number of hydrogen-bond acceptors (Lipinski definition) is 4. The Morgan fingerprint density at radius 3 is 2.84 bits per heavy atom. The van der Waals surface area contributed by atoms with Crippen LogP contribution in [0.15, 0.2) is 35.5 Å². The number of rotatable bonds is 4. The van der Waals surface area contributed by atoms with Gasteiger partial charge in [0.2, 0.25) is 10.0 Å². The van der Waals surface area contributed by atoms with Crippen molar-refractivity contribution < 1.29 is 8.42 Å². The highest BCUT2D eigenvalue weighted by atomic mass is 35.5. The standard InChI is InChI=1S/C11H13ClN4O2S/c1-16(7-8-5-14-15-6-8)19(17,18)11-4-9(13)2-3-10(11)12/h2-6H,7,13H2,1H3,(H,14,15). The Morgan fingerprint density at radius 1 is 1.47 bits per heavy atom. The molecule has 3 N–H and O–H groups in total. The molecule has 0 spiro atoms. The van der Waals surface area contributed by atoms with E-state index < -0.39 is 10.0 Å². The second-order valence-corrected chi connectivity index (χ2v) is 6.48. The third kappa shape index (κ3) is 2.89. The number of nitrogen functional groups attached to an aromatic ring is 1. The molecule has 0 aliphatic rings. The summed E-state index contributed by atoms with van der Waals surface area (Å²) >= 11 is 5.93. The van der Waals surface area contributed by atoms with Crippen molar-refractivity contribution >= 4 is 27.3 Å². The van der Waals surface area contributed by atoms with Crippen LogP contribution in [0.25, 0.3) is 0 Å². The Balaban J connectivity index is 2.33. The average molecular weight is 301 g/mol. The van der Waals surface area contributed by atoms with Crippen LogP contribution < -0.4 is 5.73 Å². The number of nitrogens with one attached hydrogen (secondary N) is 1. The van der Waals surface area contributed by atoms with Gasteiger partial charge in [0.05, 0.1) is 11.2 Å². The monoisotopic (exact) mass is 300 g/mol. The summed E-state index contributed by atoms with van der Waals surface area (Å²) in [6, 6.07) is 4.37. The van der Waals surface area contributed by atoms with Gasteiger partial charge in [-0.05, 0) is 18.2 Å². The lowest BCUT2D eigenvalue weighted by molar-refractivity contribution is 0.467. The van der Waals surface area contributed by atoms with Crippen LogP contribution in [0.2, 0.25) is 5.02 Å². The Labute approximate surface area is 116 Å². The van der Waals surface area contributed by atoms with E-state index in [1.165, 1.54) is 23.5 Å². The topological polar surface area (TPSA) is 92.1 Å². The van der Waals surface area contributed by atoms with Gasteiger partial charge in [0.1, 0.15) is 4.90 Å². The van der Waals surface area contributed by atoms with E-state index in [0.29, 0.717) is 5.69 Å². The average Bonchev–Trinajstić information content (AvgIpc) is 2.85. The summed E-state index contributed by atoms with van der Waals surface area (Å²) in [6.45, 7) is 0.198. The normalized spacial score (nSPS) is 11.9. The lowest BCUT2D eigenvalue weighted by Crippen LogP contribution is -2.26. The molecule has 1 aromatic heterocycles. The molecule has 0 saturated carbocycles. The minimum atomic E-state index is -3.69. The fourth-order valence-electron chi connectivity index (χ4n) is 1.59. The van der Waals surface area contributed by atoms with Crippen LogP contribution in [0.4, 0.5) is 5.69 Å². The fraction of sp³-hybridized carbons (Fsp3) is 0.182. The van der Waals surface area contributed by atoms with Crippen LogP contribution in [0, 0.1) is 0 Å². The van der Waals surface area contributed by atoms with Crippen LogP contribution in [-0.2, 0) is 16.6 Å². The van der Waals surface area contributed by atoms with Crippen molar-refractivity contribution in [2.24, 2.45) is 0 Å². The second-order valence-electron chi connectivity index (χ2n) is 4.06. The van der Waals surface area contributed by atoms with E-state index in [4.69, 9.17) is 17.3 Å². The molecule has 1 heterocycles. The number of sulfonamides is 1. The molecule has 102 valence electrons. The highest BCUT2D eigenvalue weighted by Crippen LogP contribution is 2.26. The molecule has 0 saturated heterocycles. The van der Waals surface area contributed by atoms with Crippen LogP contribution in [0.3, 0.4) is 0 Å². The van der Waals surface area contributed by atoms with Crippen LogP contribution >= 0.6 is 11.6 Å². The molecule has 0 bridgehead atoms. The van der Waals surface area contributed by atoms with Gasteiger partial charge in [-0.3, -0.25) is 5.10 Å². The third-order valence-electron chi connectivity index (χ3n) is 2.60. The first-order valence-electron chi connectivity index (χ1n) is 5.40. The van der Waals surface area contributed by atoms with Gasteiger partial charge in [0.25, 0.3) is 0 Å². The summed E-state index contributed by atoms with van der Waals surface area (Å²) in [4.78, 5) is 0.000150. The van der Waals surface area contributed by atoms with E-state index in [1.54, 1.807) is 18.5 Å². The lowest BCUT2D eigenvalue weighted by atomic mass is 10.3. The first kappa shape index (κ1) is 13.9. The molecular formula is C11H13ClN4O2S. The SMILES string of the molecule is CN(Cc1cn[nH]c1)S(=O)(=O)c1cc(N)ccc1Cl. The first-order chi connectivity index (χ1) is 8.91. The Kier molecular flexibility index (Phi) is 3.79. The molecule has 8 heteroatoms. The summed E-state index contributed by atoms with van der Waals surface area (Å²) in [7, 11) is -2.21. The van der Waals surface area contributed by atoms with Crippen molar-refractivity contribution in [2.75, 3.05) is 12.8 Å². The van der Waals surface area contributed by atoms with Crippen molar-refractivity contribution in [1.29, 1.82) is 0 Å². The number of hydrogen-bond donors (Lipinski definition) is 2. The van der Waals surface area contributed by atoms with Gasteiger partial charge in [0, 0.05) is 31.0 Å². The number of benzene rings is 1. The number of nitrogens with zero attached hydrogens (tertiary/aromatic N) is 2. The number of halogens is 1. The van der Waals surface area contributed by atoms with Crippen molar-refractivity contribution in [3.8, 4) is 0 Å². The van der Waals surface area contributed by atoms with Gasteiger partial charge < -0.3 is 5.73 Å². The molecule has 0 radical (unpaired) electrons. The Bertz CT molecular complexity index is 670. The van der Waals surface area contributed by atoms with E-state index in [9.17, 15) is 8.42 Å². The van der Waals surface area contributed by atoms with Crippen LogP contribution in [0.5, 0.6) is 0 Å². The summed E-state index contributed by atoms with van der Waals surface area (Å²) in [5, 5.41) is 6.54. The minimum absolute atomic E-state index is 0.000150. The van der Waals surface area contributed by atoms with Crippen molar-refractivity contribution in [3.63, 3.8) is 0 Å². The quantitative estimate of drug-likeness (QED) is 0.836. The number of nitrogens with two attached hydrogens (primary N) is 1. The van der Waals surface area contributed by atoms with Crippen molar-refractivity contribution in [2.45, 2.75) is 11.4 Å². The van der Waals surface area contributed by atoms with Gasteiger partial charge in [0.15, 0.2) is 0 Å². The maximum absolute atomic E-state index is 12.4. The molecule has 2 rings (SSSR count). The zero-order valence-corrected chi connectivity index (χ0v) is 11.7. The minimum Gasteiger partial charge on any atom is -0.399 e. The number of H-pyrrole nitrogens is 1. The predicted octanol–water partition coefficient (Wildman–Crippen LogP) is 1.47.